The van der Waals surface area contributed by atoms with Crippen LogP contribution in [0.5, 0.6) is 0 Å². The average molecular weight is 244 g/mol. The maximum Gasteiger partial charge on any atom is 0.123 e. The van der Waals surface area contributed by atoms with E-state index in [1.807, 2.05) is 31.3 Å². The summed E-state index contributed by atoms with van der Waals surface area (Å²) in [5, 5.41) is 3.44. The van der Waals surface area contributed by atoms with E-state index in [0.717, 1.165) is 23.2 Å². The highest BCUT2D eigenvalue weighted by Crippen LogP contribution is 2.15. The van der Waals surface area contributed by atoms with E-state index < -0.39 is 0 Å². The van der Waals surface area contributed by atoms with Crippen LogP contribution in [0.15, 0.2) is 42.7 Å². The second-order valence-corrected chi connectivity index (χ2v) is 4.57. The molecule has 94 valence electrons. The Morgan fingerprint density at radius 3 is 2.61 bits per heavy atom. The average Bonchev–Trinajstić information content (AvgIpc) is 2.35. The number of hydrogen-bond donors (Lipinski definition) is 1. The fourth-order valence-electron chi connectivity index (χ4n) is 1.93. The molecular formula is C15H17FN2. The summed E-state index contributed by atoms with van der Waals surface area (Å²) in [6.07, 6.45) is 4.48. The monoisotopic (exact) mass is 244 g/mol. The molecule has 18 heavy (non-hydrogen) atoms. The standard InChI is InChI=1S/C15H17FN2/c1-11-10-17-8-7-15(11)18-12(2)9-13-3-5-14(16)6-4-13/h3-8,10,12H,9H2,1-2H3,(H,17,18). The number of benzene rings is 1. The summed E-state index contributed by atoms with van der Waals surface area (Å²) in [5.41, 5.74) is 3.35. The molecule has 1 heterocycles. The number of anilines is 1. The third-order valence-corrected chi connectivity index (χ3v) is 2.88. The molecule has 1 N–H and O–H groups in total. The zero-order valence-corrected chi connectivity index (χ0v) is 10.7. The predicted molar refractivity (Wildman–Crippen MR) is 72.2 cm³/mol. The summed E-state index contributed by atoms with van der Waals surface area (Å²) in [5.74, 6) is -0.190. The van der Waals surface area contributed by atoms with Crippen molar-refractivity contribution in [3.05, 3.63) is 59.7 Å². The van der Waals surface area contributed by atoms with Crippen LogP contribution in [0.25, 0.3) is 0 Å². The number of rotatable bonds is 4. The van der Waals surface area contributed by atoms with Gasteiger partial charge in [0.15, 0.2) is 0 Å². The van der Waals surface area contributed by atoms with Crippen molar-refractivity contribution in [2.45, 2.75) is 26.3 Å². The molecule has 2 rings (SSSR count). The van der Waals surface area contributed by atoms with Gasteiger partial charge in [0.1, 0.15) is 5.82 Å². The van der Waals surface area contributed by atoms with E-state index in [9.17, 15) is 4.39 Å². The first-order chi connectivity index (χ1) is 8.65. The number of nitrogens with zero attached hydrogens (tertiary/aromatic N) is 1. The Kier molecular flexibility index (Phi) is 3.92. The van der Waals surface area contributed by atoms with Crippen molar-refractivity contribution < 1.29 is 4.39 Å². The van der Waals surface area contributed by atoms with E-state index in [4.69, 9.17) is 0 Å². The van der Waals surface area contributed by atoms with Crippen LogP contribution in [0.1, 0.15) is 18.1 Å². The molecule has 0 amide bonds. The Balaban J connectivity index is 1.99. The van der Waals surface area contributed by atoms with Crippen LogP contribution in [-0.2, 0) is 6.42 Å². The fourth-order valence-corrected chi connectivity index (χ4v) is 1.93. The van der Waals surface area contributed by atoms with Crippen LogP contribution < -0.4 is 5.32 Å². The molecule has 1 unspecified atom stereocenters. The second-order valence-electron chi connectivity index (χ2n) is 4.57. The quantitative estimate of drug-likeness (QED) is 0.889. The Hall–Kier alpha value is -1.90. The summed E-state index contributed by atoms with van der Waals surface area (Å²) in [6, 6.07) is 8.91. The molecule has 0 aliphatic rings. The topological polar surface area (TPSA) is 24.9 Å². The lowest BCUT2D eigenvalue weighted by Gasteiger charge is -2.16. The van der Waals surface area contributed by atoms with Gasteiger partial charge in [-0.15, -0.1) is 0 Å². The third kappa shape index (κ3) is 3.29. The van der Waals surface area contributed by atoms with E-state index in [1.54, 1.807) is 6.20 Å². The van der Waals surface area contributed by atoms with Gasteiger partial charge in [0.05, 0.1) is 0 Å². The number of pyridine rings is 1. The van der Waals surface area contributed by atoms with Gasteiger partial charge < -0.3 is 5.32 Å². The number of halogens is 1. The van der Waals surface area contributed by atoms with E-state index in [2.05, 4.69) is 17.2 Å². The molecule has 2 aromatic rings. The first kappa shape index (κ1) is 12.6. The molecule has 1 atom stereocenters. The largest absolute Gasteiger partial charge is 0.382 e. The molecule has 0 aliphatic heterocycles. The Morgan fingerprint density at radius 1 is 1.22 bits per heavy atom. The molecule has 0 saturated carbocycles. The second kappa shape index (κ2) is 5.63. The zero-order chi connectivity index (χ0) is 13.0. The van der Waals surface area contributed by atoms with Gasteiger partial charge in [-0.2, -0.15) is 0 Å². The van der Waals surface area contributed by atoms with Crippen molar-refractivity contribution in [3.8, 4) is 0 Å². The van der Waals surface area contributed by atoms with Crippen molar-refractivity contribution >= 4 is 5.69 Å². The highest BCUT2D eigenvalue weighted by Gasteiger charge is 2.05. The van der Waals surface area contributed by atoms with Crippen LogP contribution in [0, 0.1) is 12.7 Å². The number of hydrogen-bond acceptors (Lipinski definition) is 2. The first-order valence-electron chi connectivity index (χ1n) is 6.07. The molecule has 0 aliphatic carbocycles. The Labute approximate surface area is 107 Å². The predicted octanol–water partition coefficient (Wildman–Crippen LogP) is 3.57. The van der Waals surface area contributed by atoms with Gasteiger partial charge in [0, 0.05) is 24.1 Å². The molecule has 1 aromatic heterocycles. The SMILES string of the molecule is Cc1cnccc1NC(C)Cc1ccc(F)cc1. The maximum atomic E-state index is 12.8. The lowest BCUT2D eigenvalue weighted by Crippen LogP contribution is -2.18. The van der Waals surface area contributed by atoms with Gasteiger partial charge in [-0.3, -0.25) is 4.98 Å². The van der Waals surface area contributed by atoms with Crippen LogP contribution in [0.3, 0.4) is 0 Å². The highest BCUT2D eigenvalue weighted by molar-refractivity contribution is 5.49. The molecular weight excluding hydrogens is 227 g/mol. The molecule has 1 aromatic carbocycles. The molecule has 2 nitrogen and oxygen atoms in total. The molecule has 3 heteroatoms. The smallest absolute Gasteiger partial charge is 0.123 e. The van der Waals surface area contributed by atoms with Gasteiger partial charge in [-0.25, -0.2) is 4.39 Å². The molecule has 0 saturated heterocycles. The van der Waals surface area contributed by atoms with Gasteiger partial charge in [0.25, 0.3) is 0 Å². The molecule has 0 spiro atoms. The van der Waals surface area contributed by atoms with E-state index >= 15 is 0 Å². The van der Waals surface area contributed by atoms with Crippen LogP contribution in [-0.4, -0.2) is 11.0 Å². The van der Waals surface area contributed by atoms with Crippen molar-refractivity contribution in [1.82, 2.24) is 4.98 Å². The van der Waals surface area contributed by atoms with E-state index in [-0.39, 0.29) is 11.9 Å². The number of aryl methyl sites for hydroxylation is 1. The minimum absolute atomic E-state index is 0.190. The van der Waals surface area contributed by atoms with Crippen LogP contribution in [0.4, 0.5) is 10.1 Å². The lowest BCUT2D eigenvalue weighted by atomic mass is 10.1. The third-order valence-electron chi connectivity index (χ3n) is 2.88. The molecule has 0 radical (unpaired) electrons. The molecule has 0 bridgehead atoms. The Morgan fingerprint density at radius 2 is 1.94 bits per heavy atom. The van der Waals surface area contributed by atoms with Crippen LogP contribution >= 0.6 is 0 Å². The van der Waals surface area contributed by atoms with Gasteiger partial charge in [-0.05, 0) is 49.6 Å². The van der Waals surface area contributed by atoms with Gasteiger partial charge in [0.2, 0.25) is 0 Å². The normalized spacial score (nSPS) is 12.2. The lowest BCUT2D eigenvalue weighted by molar-refractivity contribution is 0.626. The summed E-state index contributed by atoms with van der Waals surface area (Å²) in [7, 11) is 0. The fraction of sp³-hybridized carbons (Fsp3) is 0.267. The summed E-state index contributed by atoms with van der Waals surface area (Å²) in [6.45, 7) is 4.14. The van der Waals surface area contributed by atoms with Crippen molar-refractivity contribution in [3.63, 3.8) is 0 Å². The van der Waals surface area contributed by atoms with E-state index in [0.29, 0.717) is 0 Å². The van der Waals surface area contributed by atoms with Gasteiger partial charge in [-0.1, -0.05) is 12.1 Å². The number of aromatic nitrogens is 1. The Bertz CT molecular complexity index is 508. The first-order valence-corrected chi connectivity index (χ1v) is 6.07. The van der Waals surface area contributed by atoms with Crippen molar-refractivity contribution in [2.75, 3.05) is 5.32 Å². The van der Waals surface area contributed by atoms with E-state index in [1.165, 1.54) is 12.1 Å². The van der Waals surface area contributed by atoms with Crippen molar-refractivity contribution in [2.24, 2.45) is 0 Å². The summed E-state index contributed by atoms with van der Waals surface area (Å²) in [4.78, 5) is 4.06. The minimum Gasteiger partial charge on any atom is -0.382 e. The molecule has 0 fully saturated rings. The number of nitrogens with one attached hydrogen (secondary N) is 1. The maximum absolute atomic E-state index is 12.8. The zero-order valence-electron chi connectivity index (χ0n) is 10.7. The van der Waals surface area contributed by atoms with Crippen LogP contribution in [0.2, 0.25) is 0 Å². The summed E-state index contributed by atoms with van der Waals surface area (Å²) < 4.78 is 12.8. The van der Waals surface area contributed by atoms with Crippen molar-refractivity contribution in [1.29, 1.82) is 0 Å². The summed E-state index contributed by atoms with van der Waals surface area (Å²) >= 11 is 0. The minimum atomic E-state index is -0.190. The highest BCUT2D eigenvalue weighted by atomic mass is 19.1. The van der Waals surface area contributed by atoms with Gasteiger partial charge >= 0.3 is 0 Å².